The Hall–Kier alpha value is -2.24. The van der Waals surface area contributed by atoms with Crippen molar-refractivity contribution in [1.82, 2.24) is 14.4 Å². The Morgan fingerprint density at radius 3 is 2.48 bits per heavy atom. The second-order valence-electron chi connectivity index (χ2n) is 7.71. The Kier molecular flexibility index (Phi) is 6.26. The van der Waals surface area contributed by atoms with E-state index in [0.29, 0.717) is 6.54 Å². The molecular formula is C23H29ClN4O. The van der Waals surface area contributed by atoms with Crippen LogP contribution >= 0.6 is 11.6 Å². The van der Waals surface area contributed by atoms with Gasteiger partial charge in [-0.25, -0.2) is 0 Å². The summed E-state index contributed by atoms with van der Waals surface area (Å²) in [7, 11) is 0. The Bertz CT molecular complexity index is 866. The third kappa shape index (κ3) is 4.51. The van der Waals surface area contributed by atoms with E-state index in [4.69, 9.17) is 11.6 Å². The zero-order valence-electron chi connectivity index (χ0n) is 17.1. The van der Waals surface area contributed by atoms with Crippen molar-refractivity contribution in [1.29, 1.82) is 0 Å². The Labute approximate surface area is 178 Å². The number of hydrogen-bond acceptors (Lipinski definition) is 3. The molecule has 1 aromatic heterocycles. The van der Waals surface area contributed by atoms with Crippen LogP contribution in [0.25, 0.3) is 6.08 Å². The van der Waals surface area contributed by atoms with Crippen molar-refractivity contribution in [3.8, 4) is 0 Å². The van der Waals surface area contributed by atoms with Gasteiger partial charge < -0.3 is 14.4 Å². The van der Waals surface area contributed by atoms with Gasteiger partial charge in [-0.1, -0.05) is 17.7 Å². The average molecular weight is 413 g/mol. The lowest BCUT2D eigenvalue weighted by Gasteiger charge is -2.36. The highest BCUT2D eigenvalue weighted by molar-refractivity contribution is 6.30. The van der Waals surface area contributed by atoms with Gasteiger partial charge in [0.05, 0.1) is 11.3 Å². The van der Waals surface area contributed by atoms with Crippen LogP contribution < -0.4 is 4.90 Å². The molecule has 6 heteroatoms. The van der Waals surface area contributed by atoms with Crippen molar-refractivity contribution >= 4 is 29.3 Å². The molecule has 2 aliphatic heterocycles. The molecule has 2 aromatic rings. The van der Waals surface area contributed by atoms with Gasteiger partial charge in [0.2, 0.25) is 0 Å². The maximum Gasteiger partial charge on any atom is 0.256 e. The number of anilines is 1. The monoisotopic (exact) mass is 412 g/mol. The molecule has 4 rings (SSSR count). The normalized spacial score (nSPS) is 17.5. The summed E-state index contributed by atoms with van der Waals surface area (Å²) in [6, 6.07) is 10.1. The van der Waals surface area contributed by atoms with E-state index in [-0.39, 0.29) is 5.91 Å². The molecule has 1 amide bonds. The first kappa shape index (κ1) is 20.0. The molecule has 3 heterocycles. The number of aromatic nitrogens is 1. The molecule has 0 radical (unpaired) electrons. The second kappa shape index (κ2) is 9.06. The van der Waals surface area contributed by atoms with Gasteiger partial charge in [-0.2, -0.15) is 0 Å². The van der Waals surface area contributed by atoms with Crippen molar-refractivity contribution in [3.05, 3.63) is 58.9 Å². The van der Waals surface area contributed by atoms with Crippen LogP contribution in [-0.2, 0) is 6.54 Å². The maximum atomic E-state index is 12.9. The van der Waals surface area contributed by atoms with Crippen molar-refractivity contribution in [2.75, 3.05) is 50.7 Å². The molecule has 0 unspecified atom stereocenters. The summed E-state index contributed by atoms with van der Waals surface area (Å²) in [5.74, 6) is 0.157. The van der Waals surface area contributed by atoms with E-state index in [1.54, 1.807) is 0 Å². The summed E-state index contributed by atoms with van der Waals surface area (Å²) in [5.41, 5.74) is 3.11. The molecule has 0 saturated carbocycles. The fraction of sp³-hybridized carbons (Fsp3) is 0.435. The quantitative estimate of drug-likeness (QED) is 0.722. The molecule has 0 N–H and O–H groups in total. The predicted molar refractivity (Wildman–Crippen MR) is 120 cm³/mol. The number of nitrogens with zero attached hydrogens (tertiary/aromatic N) is 4. The maximum absolute atomic E-state index is 12.9. The summed E-state index contributed by atoms with van der Waals surface area (Å²) in [6.07, 6.45) is 7.22. The summed E-state index contributed by atoms with van der Waals surface area (Å²) in [5, 5.41) is 0.781. The van der Waals surface area contributed by atoms with Crippen LogP contribution in [0.2, 0.25) is 5.02 Å². The number of halogens is 1. The second-order valence-corrected chi connectivity index (χ2v) is 8.15. The van der Waals surface area contributed by atoms with E-state index in [2.05, 4.69) is 45.6 Å². The van der Waals surface area contributed by atoms with E-state index < -0.39 is 0 Å². The van der Waals surface area contributed by atoms with Crippen LogP contribution in [0.3, 0.4) is 0 Å². The van der Waals surface area contributed by atoms with Gasteiger partial charge in [0.25, 0.3) is 5.91 Å². The van der Waals surface area contributed by atoms with Gasteiger partial charge in [0.1, 0.15) is 0 Å². The number of fused-ring (bicyclic) bond motifs is 1. The lowest BCUT2D eigenvalue weighted by molar-refractivity contribution is 0.0768. The summed E-state index contributed by atoms with van der Waals surface area (Å²) >= 11 is 5.99. The molecule has 0 aliphatic carbocycles. The van der Waals surface area contributed by atoms with Crippen molar-refractivity contribution < 1.29 is 4.79 Å². The van der Waals surface area contributed by atoms with E-state index in [1.807, 2.05) is 29.3 Å². The minimum absolute atomic E-state index is 0.157. The lowest BCUT2D eigenvalue weighted by atomic mass is 10.2. The highest BCUT2D eigenvalue weighted by atomic mass is 35.5. The molecule has 0 bridgehead atoms. The summed E-state index contributed by atoms with van der Waals surface area (Å²) in [6.45, 7) is 9.69. The zero-order valence-corrected chi connectivity index (χ0v) is 17.8. The predicted octanol–water partition coefficient (Wildman–Crippen LogP) is 3.84. The van der Waals surface area contributed by atoms with E-state index in [0.717, 1.165) is 68.5 Å². The van der Waals surface area contributed by atoms with Gasteiger partial charge in [0, 0.05) is 62.7 Å². The van der Waals surface area contributed by atoms with Gasteiger partial charge in [-0.15, -0.1) is 0 Å². The van der Waals surface area contributed by atoms with Gasteiger partial charge in [0.15, 0.2) is 0 Å². The number of benzene rings is 1. The molecule has 1 aromatic carbocycles. The van der Waals surface area contributed by atoms with Crippen molar-refractivity contribution in [2.24, 2.45) is 0 Å². The van der Waals surface area contributed by atoms with Gasteiger partial charge in [-0.05, 0) is 56.3 Å². The van der Waals surface area contributed by atoms with Crippen LogP contribution in [0.4, 0.5) is 5.69 Å². The fourth-order valence-corrected chi connectivity index (χ4v) is 4.36. The number of amides is 1. The molecule has 1 saturated heterocycles. The minimum Gasteiger partial charge on any atom is -0.369 e. The number of hydrogen-bond donors (Lipinski definition) is 0. The molecule has 0 spiro atoms. The first-order valence-electron chi connectivity index (χ1n) is 10.5. The number of carbonyl (C=O) groups excluding carboxylic acids is 1. The molecule has 154 valence electrons. The van der Waals surface area contributed by atoms with Crippen LogP contribution in [0.15, 0.2) is 42.6 Å². The third-order valence-electron chi connectivity index (χ3n) is 5.93. The minimum atomic E-state index is 0.157. The topological polar surface area (TPSA) is 31.7 Å². The number of rotatable bonds is 6. The molecule has 29 heavy (non-hydrogen) atoms. The van der Waals surface area contributed by atoms with E-state index in [9.17, 15) is 4.79 Å². The highest BCUT2D eigenvalue weighted by Crippen LogP contribution is 2.21. The number of carbonyl (C=O) groups is 1. The van der Waals surface area contributed by atoms with Crippen LogP contribution in [0.5, 0.6) is 0 Å². The Morgan fingerprint density at radius 2 is 1.76 bits per heavy atom. The van der Waals surface area contributed by atoms with Crippen LogP contribution in [0.1, 0.15) is 29.4 Å². The molecule has 5 nitrogen and oxygen atoms in total. The molecular weight excluding hydrogens is 384 g/mol. The SMILES string of the molecule is CCn1ccc2c1C=CCN(CCCN1CCN(c3ccc(Cl)cc3)CC1)C2=O. The standard InChI is InChI=1S/C23H29ClN4O/c1-2-26-14-10-21-22(26)5-3-12-28(23(21)29)13-4-11-25-15-17-27(18-16-25)20-8-6-19(24)7-9-20/h3,5-10,14H,2,4,11-13,15-18H2,1H3. The lowest BCUT2D eigenvalue weighted by Crippen LogP contribution is -2.47. The van der Waals surface area contributed by atoms with Gasteiger partial charge >= 0.3 is 0 Å². The summed E-state index contributed by atoms with van der Waals surface area (Å²) < 4.78 is 2.13. The Balaban J connectivity index is 1.25. The highest BCUT2D eigenvalue weighted by Gasteiger charge is 2.22. The van der Waals surface area contributed by atoms with E-state index >= 15 is 0 Å². The number of piperazine rings is 1. The zero-order chi connectivity index (χ0) is 20.2. The average Bonchev–Trinajstić information content (AvgIpc) is 3.09. The third-order valence-corrected chi connectivity index (χ3v) is 6.18. The number of aryl methyl sites for hydroxylation is 1. The van der Waals surface area contributed by atoms with Crippen LogP contribution in [0, 0.1) is 0 Å². The molecule has 0 atom stereocenters. The summed E-state index contributed by atoms with van der Waals surface area (Å²) in [4.78, 5) is 19.8. The first-order valence-corrected chi connectivity index (χ1v) is 10.9. The molecule has 2 aliphatic rings. The van der Waals surface area contributed by atoms with Crippen molar-refractivity contribution in [2.45, 2.75) is 19.9 Å². The molecule has 1 fully saturated rings. The Morgan fingerprint density at radius 1 is 1.00 bits per heavy atom. The van der Waals surface area contributed by atoms with Crippen LogP contribution in [-0.4, -0.2) is 66.1 Å². The fourth-order valence-electron chi connectivity index (χ4n) is 4.23. The smallest absolute Gasteiger partial charge is 0.256 e. The van der Waals surface area contributed by atoms with E-state index in [1.165, 1.54) is 5.69 Å². The largest absolute Gasteiger partial charge is 0.369 e. The van der Waals surface area contributed by atoms with Crippen molar-refractivity contribution in [3.63, 3.8) is 0 Å². The first-order chi connectivity index (χ1) is 14.2. The van der Waals surface area contributed by atoms with Gasteiger partial charge in [-0.3, -0.25) is 9.69 Å².